The summed E-state index contributed by atoms with van der Waals surface area (Å²) in [7, 11) is 7.23. The van der Waals surface area contributed by atoms with E-state index in [1.54, 1.807) is 19.2 Å². The molecule has 0 spiro atoms. The molecule has 1 unspecified atom stereocenters. The number of methoxy groups -OCH3 is 1. The van der Waals surface area contributed by atoms with Crippen LogP contribution in [0.3, 0.4) is 0 Å². The standard InChI is InChI=1S/C32H49N5O8/c1-6-7-13-35(14-9-8-12-33(2)3)28(39)20-36-19-23(22-17-25(43-5)30-26(18-22)44-21-45-30)29(31(40)41)24(36)10-16-37-27(38)11-15-34(4)32(37)42/h17-18,23-24,29H,6-16,19-21H2,1-5H3,(H,40,41)/t23-,24+,29?/m1/s1. The highest BCUT2D eigenvalue weighted by molar-refractivity contribution is 5.96. The van der Waals surface area contributed by atoms with Gasteiger partial charge in [0.05, 0.1) is 19.6 Å². The van der Waals surface area contributed by atoms with E-state index in [9.17, 15) is 24.3 Å². The summed E-state index contributed by atoms with van der Waals surface area (Å²) in [6, 6.07) is 2.59. The lowest BCUT2D eigenvalue weighted by atomic mass is 9.84. The quantitative estimate of drug-likeness (QED) is 0.272. The molecule has 3 aliphatic rings. The number of unbranched alkanes of at least 4 members (excludes halogenated alkanes) is 2. The van der Waals surface area contributed by atoms with Crippen LogP contribution in [0.1, 0.15) is 56.9 Å². The first-order chi connectivity index (χ1) is 21.5. The maximum Gasteiger partial charge on any atom is 0.326 e. The topological polar surface area (TPSA) is 132 Å². The van der Waals surface area contributed by atoms with Gasteiger partial charge in [-0.3, -0.25) is 24.2 Å². The van der Waals surface area contributed by atoms with Gasteiger partial charge in [-0.1, -0.05) is 13.3 Å². The molecule has 13 heteroatoms. The summed E-state index contributed by atoms with van der Waals surface area (Å²) < 4.78 is 16.7. The minimum atomic E-state index is -1.00. The number of rotatable bonds is 16. The van der Waals surface area contributed by atoms with Gasteiger partial charge < -0.3 is 34.0 Å². The number of hydrogen-bond acceptors (Lipinski definition) is 9. The Morgan fingerprint density at radius 3 is 2.51 bits per heavy atom. The molecule has 45 heavy (non-hydrogen) atoms. The van der Waals surface area contributed by atoms with Crippen molar-refractivity contribution in [3.05, 3.63) is 17.7 Å². The molecule has 1 N–H and O–H groups in total. The molecule has 3 heterocycles. The SMILES string of the molecule is CCCCN(CCCCN(C)C)C(=O)CN1C[C@H](c2cc(OC)c3c(c2)OCO3)C(C(=O)O)[C@@H]1CCN1C(=O)CCN(C)C1=O. The summed E-state index contributed by atoms with van der Waals surface area (Å²) in [5.74, 6) is -1.31. The number of likely N-dealkylation sites (tertiary alicyclic amines) is 1. The summed E-state index contributed by atoms with van der Waals surface area (Å²) >= 11 is 0. The second-order valence-corrected chi connectivity index (χ2v) is 12.5. The van der Waals surface area contributed by atoms with Crippen molar-refractivity contribution in [2.24, 2.45) is 5.92 Å². The smallest absolute Gasteiger partial charge is 0.326 e. The molecule has 0 bridgehead atoms. The van der Waals surface area contributed by atoms with Gasteiger partial charge >= 0.3 is 12.0 Å². The molecule has 0 radical (unpaired) electrons. The van der Waals surface area contributed by atoms with Crippen molar-refractivity contribution in [2.45, 2.75) is 57.4 Å². The van der Waals surface area contributed by atoms with Gasteiger partial charge in [0, 0.05) is 58.2 Å². The van der Waals surface area contributed by atoms with E-state index in [-0.39, 0.29) is 50.6 Å². The molecule has 4 rings (SSSR count). The third kappa shape index (κ3) is 8.18. The van der Waals surface area contributed by atoms with Crippen LogP contribution in [-0.2, 0) is 14.4 Å². The first-order valence-electron chi connectivity index (χ1n) is 16.0. The normalized spacial score (nSPS) is 21.6. The van der Waals surface area contributed by atoms with E-state index in [0.29, 0.717) is 49.0 Å². The van der Waals surface area contributed by atoms with Gasteiger partial charge in [-0.25, -0.2) is 4.79 Å². The highest BCUT2D eigenvalue weighted by Crippen LogP contribution is 2.47. The van der Waals surface area contributed by atoms with E-state index < -0.39 is 23.8 Å². The molecular weight excluding hydrogens is 582 g/mol. The molecule has 4 amide bonds. The number of fused-ring (bicyclic) bond motifs is 1. The third-order valence-electron chi connectivity index (χ3n) is 9.07. The zero-order chi connectivity index (χ0) is 32.7. The van der Waals surface area contributed by atoms with Crippen LogP contribution in [0, 0.1) is 5.92 Å². The van der Waals surface area contributed by atoms with Gasteiger partial charge in [-0.05, 0) is 64.0 Å². The van der Waals surface area contributed by atoms with Gasteiger partial charge in [-0.2, -0.15) is 0 Å². The number of imide groups is 1. The van der Waals surface area contributed by atoms with Crippen molar-refractivity contribution in [1.82, 2.24) is 24.5 Å². The molecule has 2 saturated heterocycles. The number of benzene rings is 1. The second-order valence-electron chi connectivity index (χ2n) is 12.5. The first-order valence-corrected chi connectivity index (χ1v) is 16.0. The monoisotopic (exact) mass is 631 g/mol. The molecule has 2 fully saturated rings. The van der Waals surface area contributed by atoms with Crippen molar-refractivity contribution in [3.8, 4) is 17.2 Å². The Morgan fingerprint density at radius 1 is 1.09 bits per heavy atom. The summed E-state index contributed by atoms with van der Waals surface area (Å²) in [6.45, 7) is 5.13. The number of urea groups is 1. The molecule has 13 nitrogen and oxygen atoms in total. The van der Waals surface area contributed by atoms with Gasteiger partial charge in [-0.15, -0.1) is 0 Å². The molecule has 0 aliphatic carbocycles. The lowest BCUT2D eigenvalue weighted by molar-refractivity contribution is -0.144. The Kier molecular flexibility index (Phi) is 11.9. The molecule has 1 aromatic rings. The highest BCUT2D eigenvalue weighted by Gasteiger charge is 2.48. The molecule has 3 atom stereocenters. The van der Waals surface area contributed by atoms with Crippen molar-refractivity contribution < 1.29 is 38.5 Å². The zero-order valence-electron chi connectivity index (χ0n) is 27.3. The minimum absolute atomic E-state index is 0.0416. The summed E-state index contributed by atoms with van der Waals surface area (Å²) in [5, 5.41) is 10.6. The van der Waals surface area contributed by atoms with E-state index >= 15 is 0 Å². The Balaban J connectivity index is 1.61. The van der Waals surface area contributed by atoms with Gasteiger partial charge in [0.15, 0.2) is 11.5 Å². The predicted octanol–water partition coefficient (Wildman–Crippen LogP) is 2.54. The maximum absolute atomic E-state index is 13.8. The number of ether oxygens (including phenoxy) is 3. The van der Waals surface area contributed by atoms with E-state index in [1.807, 2.05) is 23.9 Å². The Morgan fingerprint density at radius 2 is 1.82 bits per heavy atom. The Hall–Kier alpha value is -3.58. The molecule has 1 aromatic carbocycles. The number of carbonyl (C=O) groups is 4. The average Bonchev–Trinajstić information content (AvgIpc) is 3.63. The second kappa shape index (κ2) is 15.6. The van der Waals surface area contributed by atoms with Crippen LogP contribution < -0.4 is 14.2 Å². The van der Waals surface area contributed by atoms with Crippen LogP contribution in [0.25, 0.3) is 0 Å². The maximum atomic E-state index is 13.8. The zero-order valence-corrected chi connectivity index (χ0v) is 27.3. The van der Waals surface area contributed by atoms with Crippen LogP contribution in [0.15, 0.2) is 12.1 Å². The van der Waals surface area contributed by atoms with Crippen LogP contribution in [0.4, 0.5) is 4.79 Å². The van der Waals surface area contributed by atoms with Crippen molar-refractivity contribution in [2.75, 3.05) is 80.9 Å². The van der Waals surface area contributed by atoms with Crippen LogP contribution in [-0.4, -0.2) is 140 Å². The Labute approximate surface area is 265 Å². The Bertz CT molecular complexity index is 1230. The van der Waals surface area contributed by atoms with E-state index in [4.69, 9.17) is 14.2 Å². The highest BCUT2D eigenvalue weighted by atomic mass is 16.7. The molecule has 0 aromatic heterocycles. The number of carbonyl (C=O) groups excluding carboxylic acids is 3. The predicted molar refractivity (Wildman–Crippen MR) is 167 cm³/mol. The molecular formula is C32H49N5O8. The summed E-state index contributed by atoms with van der Waals surface area (Å²) in [5.41, 5.74) is 0.708. The fourth-order valence-corrected chi connectivity index (χ4v) is 6.56. The number of aliphatic carboxylic acids is 1. The van der Waals surface area contributed by atoms with Gasteiger partial charge in [0.1, 0.15) is 0 Å². The largest absolute Gasteiger partial charge is 0.493 e. The number of hydrogen-bond donors (Lipinski definition) is 1. The van der Waals surface area contributed by atoms with Crippen LogP contribution in [0.2, 0.25) is 0 Å². The average molecular weight is 632 g/mol. The fraction of sp³-hybridized carbons (Fsp3) is 0.688. The number of carboxylic acid groups (broad SMARTS) is 1. The van der Waals surface area contributed by atoms with Gasteiger partial charge in [0.2, 0.25) is 24.4 Å². The first kappa shape index (κ1) is 34.3. The third-order valence-corrected chi connectivity index (χ3v) is 9.07. The van der Waals surface area contributed by atoms with E-state index in [2.05, 4.69) is 11.8 Å². The molecule has 3 aliphatic heterocycles. The lowest BCUT2D eigenvalue weighted by Gasteiger charge is -2.34. The van der Waals surface area contributed by atoms with Crippen LogP contribution in [0.5, 0.6) is 17.2 Å². The minimum Gasteiger partial charge on any atom is -0.493 e. The van der Waals surface area contributed by atoms with Gasteiger partial charge in [0.25, 0.3) is 0 Å². The number of carboxylic acids is 1. The van der Waals surface area contributed by atoms with E-state index in [1.165, 1.54) is 16.9 Å². The summed E-state index contributed by atoms with van der Waals surface area (Å²) in [4.78, 5) is 61.0. The van der Waals surface area contributed by atoms with Crippen molar-refractivity contribution in [1.29, 1.82) is 0 Å². The van der Waals surface area contributed by atoms with Crippen LogP contribution >= 0.6 is 0 Å². The molecule has 250 valence electrons. The van der Waals surface area contributed by atoms with Crippen molar-refractivity contribution in [3.63, 3.8) is 0 Å². The van der Waals surface area contributed by atoms with E-state index in [0.717, 1.165) is 32.2 Å². The lowest BCUT2D eigenvalue weighted by Crippen LogP contribution is -2.52. The molecule has 0 saturated carbocycles. The fourth-order valence-electron chi connectivity index (χ4n) is 6.56. The summed E-state index contributed by atoms with van der Waals surface area (Å²) in [6.07, 6.45) is 4.13. The van der Waals surface area contributed by atoms with Crippen molar-refractivity contribution >= 4 is 23.8 Å². The number of amides is 4. The number of nitrogens with zero attached hydrogens (tertiary/aromatic N) is 5.